The molecular weight excluding hydrogens is 215 g/mol. The van der Waals surface area contributed by atoms with E-state index in [2.05, 4.69) is 10.9 Å². The fourth-order valence-electron chi connectivity index (χ4n) is 0.173. The van der Waals surface area contributed by atoms with Crippen molar-refractivity contribution in [3.8, 4) is 0 Å². The van der Waals surface area contributed by atoms with Gasteiger partial charge >= 0.3 is 0 Å². The first kappa shape index (κ1) is 7.59. The molecule has 8 heavy (non-hydrogen) atoms. The molecule has 0 aromatic rings. The number of halogens is 1. The van der Waals surface area contributed by atoms with Gasteiger partial charge in [0.15, 0.2) is 0 Å². The molecule has 2 nitrogen and oxygen atoms in total. The summed E-state index contributed by atoms with van der Waals surface area (Å²) < 4.78 is 1.64. The molecule has 0 saturated heterocycles. The number of nitrogens with zero attached hydrogens (tertiary/aromatic N) is 1. The van der Waals surface area contributed by atoms with E-state index < -0.39 is 0 Å². The highest BCUT2D eigenvalue weighted by Gasteiger charge is 1.55. The summed E-state index contributed by atoms with van der Waals surface area (Å²) in [6, 6.07) is 0. The predicted octanol–water partition coefficient (Wildman–Crippen LogP) is 1.77. The highest BCUT2D eigenvalue weighted by Crippen LogP contribution is 1.76. The Morgan fingerprint density at radius 1 is 1.62 bits per heavy atom. The maximum absolute atomic E-state index is 6.43. The second-order valence-corrected chi connectivity index (χ2v) is 1.46. The third-order valence-electron chi connectivity index (χ3n) is 0.408. The molecule has 0 aliphatic rings. The molecule has 0 amide bonds. The first-order valence-corrected chi connectivity index (χ1v) is 3.19. The van der Waals surface area contributed by atoms with E-state index >= 15 is 0 Å². The van der Waals surface area contributed by atoms with Crippen molar-refractivity contribution >= 4 is 32.7 Å². The monoisotopic (exact) mass is 220 g/mol. The van der Waals surface area contributed by atoms with E-state index in [9.17, 15) is 0 Å². The Balaban J connectivity index is 3.50. The zero-order chi connectivity index (χ0) is 6.24. The average molecular weight is 220 g/mol. The largest absolute Gasteiger partial charge is 0.259 e. The number of aliphatic imine (C=N–C) groups is 1. The summed E-state index contributed by atoms with van der Waals surface area (Å²) in [7, 11) is 0. The van der Waals surface area contributed by atoms with Gasteiger partial charge in [0, 0.05) is 12.3 Å². The van der Waals surface area contributed by atoms with E-state index in [4.69, 9.17) is 5.41 Å². The van der Waals surface area contributed by atoms with Crippen molar-refractivity contribution in [3.63, 3.8) is 0 Å². The molecule has 0 fully saturated rings. The van der Waals surface area contributed by atoms with Crippen LogP contribution in [-0.2, 0) is 0 Å². The van der Waals surface area contributed by atoms with Crippen LogP contribution in [0.25, 0.3) is 0 Å². The zero-order valence-corrected chi connectivity index (χ0v) is 6.29. The van der Waals surface area contributed by atoms with Gasteiger partial charge in [-0.05, 0) is 34.5 Å². The molecule has 0 radical (unpaired) electrons. The van der Waals surface area contributed by atoms with Crippen LogP contribution in [0.3, 0.4) is 0 Å². The minimum Gasteiger partial charge on any atom is -0.259 e. The van der Waals surface area contributed by atoms with Crippen molar-refractivity contribution in [1.82, 2.24) is 0 Å². The average Bonchev–Trinajstić information content (AvgIpc) is 1.81. The van der Waals surface area contributed by atoms with Crippen LogP contribution in [0, 0.1) is 5.41 Å². The molecule has 0 unspecified atom stereocenters. The van der Waals surface area contributed by atoms with Gasteiger partial charge in [0.1, 0.15) is 0 Å². The molecule has 0 aromatic carbocycles. The molecule has 42 valence electrons. The van der Waals surface area contributed by atoms with Gasteiger partial charge < -0.3 is 0 Å². The third-order valence-corrected chi connectivity index (χ3v) is 0.730. The molecule has 1 N–H and O–H groups in total. The summed E-state index contributed by atoms with van der Waals surface area (Å²) in [5, 5.41) is 6.43. The van der Waals surface area contributed by atoms with Crippen molar-refractivity contribution in [2.75, 3.05) is 0 Å². The van der Waals surface area contributed by atoms with Crippen molar-refractivity contribution in [2.45, 2.75) is 0 Å². The molecule has 0 bridgehead atoms. The van der Waals surface area contributed by atoms with Crippen LogP contribution < -0.4 is 0 Å². The van der Waals surface area contributed by atoms with Gasteiger partial charge in [0.05, 0.1) is 4.22 Å². The quantitative estimate of drug-likeness (QED) is 0.418. The van der Waals surface area contributed by atoms with Gasteiger partial charge in [0.2, 0.25) is 0 Å². The molecular formula is C5H5IN2. The number of nitrogens with one attached hydrogen (secondary N) is 1. The van der Waals surface area contributed by atoms with Crippen LogP contribution in [0.15, 0.2) is 23.3 Å². The number of hydrogen-bond donors (Lipinski definition) is 1. The Morgan fingerprint density at radius 3 is 2.88 bits per heavy atom. The van der Waals surface area contributed by atoms with Gasteiger partial charge in [-0.2, -0.15) is 0 Å². The minimum absolute atomic E-state index is 1.48. The maximum atomic E-state index is 6.43. The highest BCUT2D eigenvalue weighted by molar-refractivity contribution is 14.1. The SMILES string of the molecule is N=C=C/C=C\N=CI. The van der Waals surface area contributed by atoms with Gasteiger partial charge in [-0.3, -0.25) is 10.4 Å². The second kappa shape index (κ2) is 6.59. The van der Waals surface area contributed by atoms with E-state index in [1.165, 1.54) is 6.08 Å². The fraction of sp³-hybridized carbons (Fsp3) is 0. The third kappa shape index (κ3) is 5.59. The lowest BCUT2D eigenvalue weighted by Gasteiger charge is -1.65. The zero-order valence-electron chi connectivity index (χ0n) is 4.13. The number of hydrogen-bond acceptors (Lipinski definition) is 2. The van der Waals surface area contributed by atoms with E-state index in [-0.39, 0.29) is 0 Å². The minimum atomic E-state index is 1.48. The Labute approximate surface area is 61.7 Å². The van der Waals surface area contributed by atoms with Gasteiger partial charge in [0.25, 0.3) is 0 Å². The standard InChI is InChI=1S/C5H5IN2/c6-5-8-4-2-1-3-7/h1-2,4-5,7H/b4-2-,8-5?. The number of allylic oxidation sites excluding steroid dienone is 2. The lowest BCUT2D eigenvalue weighted by Crippen LogP contribution is -1.49. The molecule has 0 aromatic heterocycles. The lowest BCUT2D eigenvalue weighted by molar-refractivity contribution is 1.58. The molecule has 0 atom stereocenters. The van der Waals surface area contributed by atoms with Crippen LogP contribution in [0.2, 0.25) is 0 Å². The van der Waals surface area contributed by atoms with E-state index in [1.54, 1.807) is 16.5 Å². The molecule has 0 aliphatic carbocycles. The smallest absolute Gasteiger partial charge is 0.0651 e. The Kier molecular flexibility index (Phi) is 6.25. The maximum Gasteiger partial charge on any atom is 0.0651 e. The van der Waals surface area contributed by atoms with Crippen molar-refractivity contribution in [2.24, 2.45) is 4.99 Å². The summed E-state index contributed by atoms with van der Waals surface area (Å²) in [5.74, 6) is 2.09. The molecule has 0 rings (SSSR count). The normalized spacial score (nSPS) is 10.1. The van der Waals surface area contributed by atoms with Gasteiger partial charge in [-0.1, -0.05) is 0 Å². The van der Waals surface area contributed by atoms with Crippen molar-refractivity contribution in [1.29, 1.82) is 5.41 Å². The molecule has 0 heterocycles. The van der Waals surface area contributed by atoms with E-state index in [0.717, 1.165) is 0 Å². The van der Waals surface area contributed by atoms with Crippen LogP contribution in [0.5, 0.6) is 0 Å². The molecule has 0 saturated carbocycles. The Morgan fingerprint density at radius 2 is 2.38 bits per heavy atom. The van der Waals surface area contributed by atoms with Gasteiger partial charge in [-0.15, -0.1) is 0 Å². The molecule has 0 spiro atoms. The Bertz CT molecular complexity index is 143. The summed E-state index contributed by atoms with van der Waals surface area (Å²) in [6.45, 7) is 0. The van der Waals surface area contributed by atoms with E-state index in [1.807, 2.05) is 22.6 Å². The van der Waals surface area contributed by atoms with Crippen LogP contribution in [0.1, 0.15) is 0 Å². The summed E-state index contributed by atoms with van der Waals surface area (Å²) in [6.07, 6.45) is 4.71. The Hall–Kier alpha value is -0.410. The van der Waals surface area contributed by atoms with Crippen LogP contribution >= 0.6 is 22.6 Å². The predicted molar refractivity (Wildman–Crippen MR) is 43.9 cm³/mol. The first-order valence-electron chi connectivity index (χ1n) is 1.94. The van der Waals surface area contributed by atoms with Crippen molar-refractivity contribution in [3.05, 3.63) is 18.4 Å². The summed E-state index contributed by atoms with van der Waals surface area (Å²) in [4.78, 5) is 3.74. The highest BCUT2D eigenvalue weighted by atomic mass is 127. The number of rotatable bonds is 2. The van der Waals surface area contributed by atoms with Crippen LogP contribution in [-0.4, -0.2) is 10.1 Å². The fourth-order valence-corrected chi connectivity index (χ4v) is 0.359. The van der Waals surface area contributed by atoms with Crippen LogP contribution in [0.4, 0.5) is 0 Å². The topological polar surface area (TPSA) is 36.2 Å². The van der Waals surface area contributed by atoms with E-state index in [0.29, 0.717) is 0 Å². The van der Waals surface area contributed by atoms with Gasteiger partial charge in [-0.25, -0.2) is 0 Å². The second-order valence-electron chi connectivity index (χ2n) is 0.899. The first-order chi connectivity index (χ1) is 3.91. The molecule has 0 aliphatic heterocycles. The molecule has 3 heteroatoms. The summed E-state index contributed by atoms with van der Waals surface area (Å²) >= 11 is 2.02. The van der Waals surface area contributed by atoms with Crippen molar-refractivity contribution < 1.29 is 0 Å². The summed E-state index contributed by atoms with van der Waals surface area (Å²) in [5.41, 5.74) is 0. The lowest BCUT2D eigenvalue weighted by atomic mass is 10.6.